The van der Waals surface area contributed by atoms with Crippen LogP contribution in [0.3, 0.4) is 0 Å². The Morgan fingerprint density at radius 1 is 1.10 bits per heavy atom. The molecule has 21 heavy (non-hydrogen) atoms. The third-order valence-electron chi connectivity index (χ3n) is 3.48. The van der Waals surface area contributed by atoms with E-state index in [1.807, 2.05) is 0 Å². The number of hydrogen-bond donors (Lipinski definition) is 1. The summed E-state index contributed by atoms with van der Waals surface area (Å²) in [4.78, 5) is 0. The topological polar surface area (TPSA) is 38.7 Å². The van der Waals surface area contributed by atoms with Gasteiger partial charge in [0.05, 0.1) is 5.02 Å². The molecule has 2 aromatic carbocycles. The molecule has 0 amide bonds. The Morgan fingerprint density at radius 3 is 2.43 bits per heavy atom. The van der Waals surface area contributed by atoms with Gasteiger partial charge in [-0.15, -0.1) is 0 Å². The molecule has 0 aromatic heterocycles. The van der Waals surface area contributed by atoms with Gasteiger partial charge in [-0.05, 0) is 36.2 Å². The molecule has 1 unspecified atom stereocenters. The second-order valence-electron chi connectivity index (χ2n) is 4.92. The summed E-state index contributed by atoms with van der Waals surface area (Å²) in [5.41, 5.74) is 1.78. The fraction of sp³-hybridized carbons (Fsp3) is 0.250. The molecule has 1 aliphatic rings. The molecule has 2 aromatic rings. The Morgan fingerprint density at radius 2 is 1.76 bits per heavy atom. The molecule has 1 atom stereocenters. The zero-order chi connectivity index (χ0) is 15.0. The molecule has 1 heterocycles. The number of halogens is 2. The number of ether oxygens (including phenoxy) is 2. The van der Waals surface area contributed by atoms with Crippen LogP contribution in [0.5, 0.6) is 11.5 Å². The van der Waals surface area contributed by atoms with Gasteiger partial charge >= 0.3 is 0 Å². The number of aliphatic hydroxyl groups is 1. The fourth-order valence-corrected chi connectivity index (χ4v) is 2.66. The van der Waals surface area contributed by atoms with E-state index in [2.05, 4.69) is 0 Å². The zero-order valence-electron chi connectivity index (χ0n) is 11.4. The minimum absolute atomic E-state index is 0.336. The van der Waals surface area contributed by atoms with Crippen molar-refractivity contribution in [1.82, 2.24) is 0 Å². The van der Waals surface area contributed by atoms with Crippen LogP contribution in [0.25, 0.3) is 0 Å². The van der Waals surface area contributed by atoms with Crippen LogP contribution in [0.1, 0.15) is 22.8 Å². The molecule has 0 saturated heterocycles. The van der Waals surface area contributed by atoms with E-state index >= 15 is 0 Å². The Labute approximate surface area is 126 Å². The van der Waals surface area contributed by atoms with Crippen LogP contribution in [-0.2, 0) is 0 Å². The zero-order valence-corrected chi connectivity index (χ0v) is 12.2. The minimum Gasteiger partial charge on any atom is -0.486 e. The van der Waals surface area contributed by atoms with E-state index in [1.54, 1.807) is 25.1 Å². The molecule has 1 N–H and O–H groups in total. The summed E-state index contributed by atoms with van der Waals surface area (Å²) >= 11 is 6.22. The van der Waals surface area contributed by atoms with Gasteiger partial charge < -0.3 is 14.6 Å². The lowest BCUT2D eigenvalue weighted by Gasteiger charge is -2.22. The van der Waals surface area contributed by atoms with Crippen molar-refractivity contribution in [2.75, 3.05) is 13.2 Å². The molecule has 0 bridgehead atoms. The first kappa shape index (κ1) is 14.2. The van der Waals surface area contributed by atoms with Gasteiger partial charge in [0.1, 0.15) is 25.1 Å². The van der Waals surface area contributed by atoms with Gasteiger partial charge in [0.25, 0.3) is 0 Å². The maximum Gasteiger partial charge on any atom is 0.162 e. The molecule has 0 radical (unpaired) electrons. The first-order valence-corrected chi connectivity index (χ1v) is 6.97. The quantitative estimate of drug-likeness (QED) is 0.920. The number of fused-ring (bicyclic) bond motifs is 1. The van der Waals surface area contributed by atoms with Crippen molar-refractivity contribution < 1.29 is 19.0 Å². The summed E-state index contributed by atoms with van der Waals surface area (Å²) in [5.74, 6) is 0.786. The van der Waals surface area contributed by atoms with Crippen LogP contribution < -0.4 is 9.47 Å². The molecule has 1 aliphatic heterocycles. The first-order valence-electron chi connectivity index (χ1n) is 6.59. The lowest BCUT2D eigenvalue weighted by molar-refractivity contribution is 0.169. The van der Waals surface area contributed by atoms with Crippen molar-refractivity contribution in [1.29, 1.82) is 0 Å². The van der Waals surface area contributed by atoms with E-state index in [0.717, 1.165) is 0 Å². The van der Waals surface area contributed by atoms with Crippen LogP contribution >= 0.6 is 11.6 Å². The summed E-state index contributed by atoms with van der Waals surface area (Å²) in [6.45, 7) is 2.68. The fourth-order valence-electron chi connectivity index (χ4n) is 2.40. The molecule has 0 saturated carbocycles. The number of benzene rings is 2. The average molecular weight is 309 g/mol. The maximum absolute atomic E-state index is 13.2. The lowest BCUT2D eigenvalue weighted by atomic mass is 9.97. The summed E-state index contributed by atoms with van der Waals surface area (Å²) < 4.78 is 24.1. The number of aliphatic hydroxyl groups excluding tert-OH is 1. The molecular formula is C16H14ClFO3. The van der Waals surface area contributed by atoms with Crippen molar-refractivity contribution in [2.24, 2.45) is 0 Å². The normalized spacial score (nSPS) is 14.9. The van der Waals surface area contributed by atoms with Gasteiger partial charge in [-0.1, -0.05) is 17.7 Å². The van der Waals surface area contributed by atoms with Gasteiger partial charge in [-0.25, -0.2) is 4.39 Å². The highest BCUT2D eigenvalue weighted by molar-refractivity contribution is 6.31. The molecular weight excluding hydrogens is 295 g/mol. The van der Waals surface area contributed by atoms with E-state index in [1.165, 1.54) is 12.1 Å². The van der Waals surface area contributed by atoms with Crippen molar-refractivity contribution in [2.45, 2.75) is 13.0 Å². The Balaban J connectivity index is 2.03. The van der Waals surface area contributed by atoms with Gasteiger partial charge in [0, 0.05) is 11.6 Å². The number of hydrogen-bond acceptors (Lipinski definition) is 3. The average Bonchev–Trinajstić information content (AvgIpc) is 2.46. The van der Waals surface area contributed by atoms with Crippen molar-refractivity contribution in [3.8, 4) is 11.5 Å². The van der Waals surface area contributed by atoms with Gasteiger partial charge in [0.2, 0.25) is 0 Å². The monoisotopic (exact) mass is 308 g/mol. The van der Waals surface area contributed by atoms with Gasteiger partial charge in [-0.3, -0.25) is 0 Å². The van der Waals surface area contributed by atoms with Crippen LogP contribution in [0, 0.1) is 12.7 Å². The largest absolute Gasteiger partial charge is 0.486 e. The van der Waals surface area contributed by atoms with Crippen molar-refractivity contribution in [3.05, 3.63) is 57.9 Å². The summed E-state index contributed by atoms with van der Waals surface area (Å²) in [6.07, 6.45) is -0.950. The van der Waals surface area contributed by atoms with Crippen LogP contribution in [0.2, 0.25) is 5.02 Å². The van der Waals surface area contributed by atoms with E-state index < -0.39 is 6.10 Å². The predicted molar refractivity (Wildman–Crippen MR) is 77.6 cm³/mol. The Kier molecular flexibility index (Phi) is 3.74. The summed E-state index contributed by atoms with van der Waals surface area (Å²) in [5, 5.41) is 10.9. The Hall–Kier alpha value is -1.78. The molecule has 3 rings (SSSR count). The van der Waals surface area contributed by atoms with Gasteiger partial charge in [0.15, 0.2) is 11.5 Å². The van der Waals surface area contributed by atoms with E-state index in [9.17, 15) is 9.50 Å². The number of aryl methyl sites for hydroxylation is 1. The third-order valence-corrected chi connectivity index (χ3v) is 3.81. The molecule has 0 aliphatic carbocycles. The van der Waals surface area contributed by atoms with Gasteiger partial charge in [-0.2, -0.15) is 0 Å². The van der Waals surface area contributed by atoms with Crippen molar-refractivity contribution in [3.63, 3.8) is 0 Å². The Bertz CT molecular complexity index is 687. The molecule has 5 heteroatoms. The van der Waals surface area contributed by atoms with Crippen LogP contribution in [0.4, 0.5) is 4.39 Å². The molecule has 110 valence electrons. The third kappa shape index (κ3) is 2.69. The van der Waals surface area contributed by atoms with Crippen molar-refractivity contribution >= 4 is 11.6 Å². The second kappa shape index (κ2) is 5.54. The van der Waals surface area contributed by atoms with E-state index in [4.69, 9.17) is 21.1 Å². The maximum atomic E-state index is 13.2. The first-order chi connectivity index (χ1) is 10.1. The number of rotatable bonds is 2. The summed E-state index contributed by atoms with van der Waals surface area (Å²) in [6, 6.07) is 7.56. The highest BCUT2D eigenvalue weighted by atomic mass is 35.5. The van der Waals surface area contributed by atoms with E-state index in [0.29, 0.717) is 46.4 Å². The smallest absolute Gasteiger partial charge is 0.162 e. The molecule has 0 fully saturated rings. The van der Waals surface area contributed by atoms with E-state index in [-0.39, 0.29) is 5.82 Å². The SMILES string of the molecule is Cc1cc(F)ccc1C(O)c1cc2c(cc1Cl)OCCO2. The predicted octanol–water partition coefficient (Wildman–Crippen LogP) is 3.64. The summed E-state index contributed by atoms with van der Waals surface area (Å²) in [7, 11) is 0. The molecule has 3 nitrogen and oxygen atoms in total. The highest BCUT2D eigenvalue weighted by Crippen LogP contribution is 2.39. The lowest BCUT2D eigenvalue weighted by Crippen LogP contribution is -2.16. The minimum atomic E-state index is -0.950. The van der Waals surface area contributed by atoms with Crippen LogP contribution in [0.15, 0.2) is 30.3 Å². The highest BCUT2D eigenvalue weighted by Gasteiger charge is 2.21. The van der Waals surface area contributed by atoms with Crippen LogP contribution in [-0.4, -0.2) is 18.3 Å². The standard InChI is InChI=1S/C16H14ClFO3/c1-9-6-10(18)2-3-11(9)16(19)12-7-14-15(8-13(12)17)21-5-4-20-14/h2-3,6-8,16,19H,4-5H2,1H3. The molecule has 0 spiro atoms. The second-order valence-corrected chi connectivity index (χ2v) is 5.33.